The first-order valence-electron chi connectivity index (χ1n) is 8.78. The van der Waals surface area contributed by atoms with Crippen molar-refractivity contribution in [2.24, 2.45) is 0 Å². The number of anilines is 2. The summed E-state index contributed by atoms with van der Waals surface area (Å²) < 4.78 is 4.66. The van der Waals surface area contributed by atoms with E-state index in [1.807, 2.05) is 6.07 Å². The Morgan fingerprint density at radius 3 is 2.27 bits per heavy atom. The van der Waals surface area contributed by atoms with E-state index in [-0.39, 0.29) is 5.91 Å². The van der Waals surface area contributed by atoms with Gasteiger partial charge in [-0.25, -0.2) is 4.79 Å². The Morgan fingerprint density at radius 1 is 1.04 bits per heavy atom. The molecule has 2 rings (SSSR count). The molecule has 1 N–H and O–H groups in total. The minimum Gasteiger partial charge on any atom is -0.465 e. The number of esters is 1. The fourth-order valence-corrected chi connectivity index (χ4v) is 2.65. The molecule has 0 saturated carbocycles. The molecule has 1 aromatic heterocycles. The van der Waals surface area contributed by atoms with Gasteiger partial charge in [0.15, 0.2) is 0 Å². The molecule has 6 heteroatoms. The van der Waals surface area contributed by atoms with Crippen molar-refractivity contribution in [2.45, 2.75) is 26.7 Å². The van der Waals surface area contributed by atoms with E-state index in [1.165, 1.54) is 7.11 Å². The number of benzene rings is 1. The zero-order chi connectivity index (χ0) is 18.9. The van der Waals surface area contributed by atoms with Crippen LogP contribution in [0.2, 0.25) is 0 Å². The van der Waals surface area contributed by atoms with E-state index < -0.39 is 5.97 Å². The van der Waals surface area contributed by atoms with E-state index in [0.29, 0.717) is 16.8 Å². The normalized spacial score (nSPS) is 10.3. The van der Waals surface area contributed by atoms with Crippen LogP contribution in [-0.4, -0.2) is 37.1 Å². The summed E-state index contributed by atoms with van der Waals surface area (Å²) in [5.41, 5.74) is 2.48. The molecule has 138 valence electrons. The molecular weight excluding hydrogens is 330 g/mol. The highest BCUT2D eigenvalue weighted by atomic mass is 16.5. The number of amides is 1. The Morgan fingerprint density at radius 2 is 1.69 bits per heavy atom. The molecule has 0 aliphatic carbocycles. The van der Waals surface area contributed by atoms with Crippen LogP contribution in [0.3, 0.4) is 0 Å². The van der Waals surface area contributed by atoms with Gasteiger partial charge in [-0.15, -0.1) is 0 Å². The van der Waals surface area contributed by atoms with E-state index in [2.05, 4.69) is 33.8 Å². The van der Waals surface area contributed by atoms with Crippen LogP contribution in [0.1, 0.15) is 47.4 Å². The van der Waals surface area contributed by atoms with Crippen LogP contribution in [0, 0.1) is 0 Å². The molecule has 6 nitrogen and oxygen atoms in total. The van der Waals surface area contributed by atoms with Gasteiger partial charge in [0.25, 0.3) is 5.91 Å². The second kappa shape index (κ2) is 9.56. The van der Waals surface area contributed by atoms with E-state index in [1.54, 1.807) is 36.7 Å². The highest BCUT2D eigenvalue weighted by Gasteiger charge is 2.12. The molecule has 0 atom stereocenters. The molecule has 0 spiro atoms. The van der Waals surface area contributed by atoms with Gasteiger partial charge in [-0.05, 0) is 43.2 Å². The van der Waals surface area contributed by atoms with Crippen molar-refractivity contribution in [2.75, 3.05) is 30.4 Å². The molecule has 1 aromatic carbocycles. The monoisotopic (exact) mass is 355 g/mol. The summed E-state index contributed by atoms with van der Waals surface area (Å²) >= 11 is 0. The summed E-state index contributed by atoms with van der Waals surface area (Å²) in [5.74, 6) is -0.648. The van der Waals surface area contributed by atoms with Crippen LogP contribution >= 0.6 is 0 Å². The quantitative estimate of drug-likeness (QED) is 0.730. The van der Waals surface area contributed by atoms with Crippen molar-refractivity contribution in [3.8, 4) is 0 Å². The topological polar surface area (TPSA) is 71.5 Å². The summed E-state index contributed by atoms with van der Waals surface area (Å²) in [6.45, 7) is 6.11. The number of hydrogen-bond donors (Lipinski definition) is 1. The van der Waals surface area contributed by atoms with Gasteiger partial charge in [0, 0.05) is 25.0 Å². The van der Waals surface area contributed by atoms with Crippen LogP contribution in [0.5, 0.6) is 0 Å². The third kappa shape index (κ3) is 5.05. The second-order valence-electron chi connectivity index (χ2n) is 5.94. The fourth-order valence-electron chi connectivity index (χ4n) is 2.65. The van der Waals surface area contributed by atoms with E-state index in [4.69, 9.17) is 0 Å². The first-order valence-corrected chi connectivity index (χ1v) is 8.78. The van der Waals surface area contributed by atoms with Crippen molar-refractivity contribution >= 4 is 23.3 Å². The predicted molar refractivity (Wildman–Crippen MR) is 103 cm³/mol. The van der Waals surface area contributed by atoms with E-state index in [0.717, 1.165) is 31.6 Å². The minimum absolute atomic E-state index is 0.238. The van der Waals surface area contributed by atoms with Crippen LogP contribution in [0.4, 0.5) is 11.4 Å². The van der Waals surface area contributed by atoms with Crippen LogP contribution in [0.15, 0.2) is 42.7 Å². The molecule has 0 radical (unpaired) electrons. The van der Waals surface area contributed by atoms with Gasteiger partial charge in [-0.3, -0.25) is 9.78 Å². The van der Waals surface area contributed by atoms with Gasteiger partial charge in [-0.2, -0.15) is 0 Å². The lowest BCUT2D eigenvalue weighted by Gasteiger charge is -2.23. The van der Waals surface area contributed by atoms with Gasteiger partial charge in [-0.1, -0.05) is 13.8 Å². The molecule has 1 heterocycles. The Kier molecular flexibility index (Phi) is 7.14. The molecule has 0 fully saturated rings. The summed E-state index contributed by atoms with van der Waals surface area (Å²) in [6, 6.07) is 8.42. The molecule has 1 amide bonds. The van der Waals surface area contributed by atoms with Crippen molar-refractivity contribution in [3.05, 3.63) is 53.9 Å². The number of carbonyl (C=O) groups is 2. The van der Waals surface area contributed by atoms with Crippen LogP contribution in [-0.2, 0) is 4.74 Å². The zero-order valence-electron chi connectivity index (χ0n) is 15.5. The lowest BCUT2D eigenvalue weighted by atomic mass is 10.2. The SMILES string of the molecule is CCCN(CCC)c1cncc(C(=O)Nc2ccc(C(=O)OC)cc2)c1. The van der Waals surface area contributed by atoms with Gasteiger partial charge in [0.1, 0.15) is 0 Å². The lowest BCUT2D eigenvalue weighted by molar-refractivity contribution is 0.0600. The Bertz CT molecular complexity index is 738. The van der Waals surface area contributed by atoms with Crippen LogP contribution in [0.25, 0.3) is 0 Å². The maximum Gasteiger partial charge on any atom is 0.337 e. The summed E-state index contributed by atoms with van der Waals surface area (Å²) in [5, 5.41) is 2.82. The number of carbonyl (C=O) groups excluding carboxylic acids is 2. The van der Waals surface area contributed by atoms with Crippen LogP contribution < -0.4 is 10.2 Å². The van der Waals surface area contributed by atoms with Gasteiger partial charge in [0.05, 0.1) is 30.1 Å². The minimum atomic E-state index is -0.410. The van der Waals surface area contributed by atoms with Crippen molar-refractivity contribution in [1.29, 1.82) is 0 Å². The smallest absolute Gasteiger partial charge is 0.337 e. The molecule has 0 bridgehead atoms. The number of nitrogens with zero attached hydrogens (tertiary/aromatic N) is 2. The number of aromatic nitrogens is 1. The molecular formula is C20H25N3O3. The lowest BCUT2D eigenvalue weighted by Crippen LogP contribution is -2.25. The Hall–Kier alpha value is -2.89. The van der Waals surface area contributed by atoms with E-state index in [9.17, 15) is 9.59 Å². The average molecular weight is 355 g/mol. The van der Waals surface area contributed by atoms with Gasteiger partial charge >= 0.3 is 5.97 Å². The fraction of sp³-hybridized carbons (Fsp3) is 0.350. The number of nitrogens with one attached hydrogen (secondary N) is 1. The molecule has 0 unspecified atom stereocenters. The number of rotatable bonds is 8. The number of hydrogen-bond acceptors (Lipinski definition) is 5. The maximum atomic E-state index is 12.5. The summed E-state index contributed by atoms with van der Waals surface area (Å²) in [6.07, 6.45) is 5.40. The number of pyridine rings is 1. The van der Waals surface area contributed by atoms with Gasteiger partial charge < -0.3 is 15.0 Å². The van der Waals surface area contributed by atoms with E-state index >= 15 is 0 Å². The van der Waals surface area contributed by atoms with Crippen molar-refractivity contribution in [3.63, 3.8) is 0 Å². The second-order valence-corrected chi connectivity index (χ2v) is 5.94. The molecule has 0 aliphatic heterocycles. The third-order valence-corrected chi connectivity index (χ3v) is 3.90. The predicted octanol–water partition coefficient (Wildman–Crippen LogP) is 3.75. The maximum absolute atomic E-state index is 12.5. The third-order valence-electron chi connectivity index (χ3n) is 3.90. The van der Waals surface area contributed by atoms with Gasteiger partial charge in [0.2, 0.25) is 0 Å². The molecule has 0 saturated heterocycles. The molecule has 26 heavy (non-hydrogen) atoms. The van der Waals surface area contributed by atoms with Crippen molar-refractivity contribution in [1.82, 2.24) is 4.98 Å². The first-order chi connectivity index (χ1) is 12.6. The zero-order valence-corrected chi connectivity index (χ0v) is 15.5. The average Bonchev–Trinajstić information content (AvgIpc) is 2.68. The van der Waals surface area contributed by atoms with Crippen molar-refractivity contribution < 1.29 is 14.3 Å². The largest absolute Gasteiger partial charge is 0.465 e. The molecule has 2 aromatic rings. The molecule has 0 aliphatic rings. The summed E-state index contributed by atoms with van der Waals surface area (Å²) in [7, 11) is 1.33. The Balaban J connectivity index is 2.12. The standard InChI is InChI=1S/C20H25N3O3/c1-4-10-23(11-5-2)18-12-16(13-21-14-18)19(24)22-17-8-6-15(7-9-17)20(25)26-3/h6-9,12-14H,4-5,10-11H2,1-3H3,(H,22,24). The first kappa shape index (κ1) is 19.4. The number of methoxy groups -OCH3 is 1. The Labute approximate surface area is 154 Å². The number of ether oxygens (including phenoxy) is 1. The highest BCUT2D eigenvalue weighted by molar-refractivity contribution is 6.04. The highest BCUT2D eigenvalue weighted by Crippen LogP contribution is 2.17. The summed E-state index contributed by atoms with van der Waals surface area (Å²) in [4.78, 5) is 30.4.